The minimum absolute atomic E-state index is 0. The summed E-state index contributed by atoms with van der Waals surface area (Å²) in [7, 11) is 1.87. The standard InChI is InChI=1S/C12H12F5NO.ClH/c1-18-4-2-6(3-5-18)19-12-10(16)8(14)7(13)9(15)11(12)17;/h6H,2-5H2,1H3;1H. The van der Waals surface area contributed by atoms with Crippen molar-refractivity contribution in [2.24, 2.45) is 0 Å². The van der Waals surface area contributed by atoms with Crippen molar-refractivity contribution in [2.75, 3.05) is 20.1 Å². The maximum atomic E-state index is 13.4. The Morgan fingerprint density at radius 1 is 0.850 bits per heavy atom. The Bertz CT molecular complexity index is 462. The van der Waals surface area contributed by atoms with E-state index in [1.165, 1.54) is 0 Å². The molecular weight excluding hydrogens is 305 g/mol. The Balaban J connectivity index is 0.00000200. The molecule has 0 unspecified atom stereocenters. The first-order valence-electron chi connectivity index (χ1n) is 5.78. The normalized spacial score (nSPS) is 16.9. The van der Waals surface area contributed by atoms with Crippen LogP contribution in [0.15, 0.2) is 0 Å². The summed E-state index contributed by atoms with van der Waals surface area (Å²) in [6.45, 7) is 1.28. The molecule has 0 spiro atoms. The molecule has 0 aliphatic carbocycles. The van der Waals surface area contributed by atoms with Crippen molar-refractivity contribution < 1.29 is 26.7 Å². The van der Waals surface area contributed by atoms with Crippen molar-refractivity contribution >= 4 is 12.4 Å². The topological polar surface area (TPSA) is 12.5 Å². The van der Waals surface area contributed by atoms with Gasteiger partial charge in [0.05, 0.1) is 0 Å². The van der Waals surface area contributed by atoms with Gasteiger partial charge in [-0.15, -0.1) is 12.4 Å². The van der Waals surface area contributed by atoms with E-state index in [9.17, 15) is 22.0 Å². The van der Waals surface area contributed by atoms with E-state index >= 15 is 0 Å². The molecule has 0 aromatic heterocycles. The van der Waals surface area contributed by atoms with Crippen LogP contribution in [0.4, 0.5) is 22.0 Å². The molecule has 0 amide bonds. The maximum absolute atomic E-state index is 13.4. The molecule has 2 rings (SSSR count). The first-order chi connectivity index (χ1) is 8.91. The number of halogens is 6. The van der Waals surface area contributed by atoms with Crippen LogP contribution in [0.3, 0.4) is 0 Å². The van der Waals surface area contributed by atoms with Gasteiger partial charge in [-0.3, -0.25) is 0 Å². The molecule has 1 aliphatic heterocycles. The summed E-state index contributed by atoms with van der Waals surface area (Å²) in [5.41, 5.74) is 0. The van der Waals surface area contributed by atoms with Crippen molar-refractivity contribution in [2.45, 2.75) is 18.9 Å². The molecule has 0 bridgehead atoms. The summed E-state index contributed by atoms with van der Waals surface area (Å²) in [5, 5.41) is 0. The van der Waals surface area contributed by atoms with Crippen molar-refractivity contribution in [3.05, 3.63) is 29.1 Å². The third-order valence-corrected chi connectivity index (χ3v) is 3.12. The Hall–Kier alpha value is -1.08. The van der Waals surface area contributed by atoms with E-state index in [2.05, 4.69) is 0 Å². The van der Waals surface area contributed by atoms with E-state index in [0.29, 0.717) is 25.9 Å². The average Bonchev–Trinajstić information content (AvgIpc) is 2.41. The molecule has 0 saturated carbocycles. The van der Waals surface area contributed by atoms with Crippen molar-refractivity contribution in [1.29, 1.82) is 0 Å². The summed E-state index contributed by atoms with van der Waals surface area (Å²) >= 11 is 0. The van der Waals surface area contributed by atoms with Crippen LogP contribution in [0.5, 0.6) is 5.75 Å². The van der Waals surface area contributed by atoms with Crippen LogP contribution in [0.1, 0.15) is 12.8 Å². The van der Waals surface area contributed by atoms with Crippen molar-refractivity contribution in [1.82, 2.24) is 4.90 Å². The molecule has 0 N–H and O–H groups in total. The Kier molecular flexibility index (Phi) is 5.59. The first-order valence-corrected chi connectivity index (χ1v) is 5.78. The third kappa shape index (κ3) is 3.15. The van der Waals surface area contributed by atoms with Gasteiger partial charge in [-0.05, 0) is 19.9 Å². The number of benzene rings is 1. The zero-order valence-corrected chi connectivity index (χ0v) is 11.4. The third-order valence-electron chi connectivity index (χ3n) is 3.12. The highest BCUT2D eigenvalue weighted by Crippen LogP contribution is 2.31. The Labute approximate surface area is 118 Å². The van der Waals surface area contributed by atoms with Gasteiger partial charge in [0.15, 0.2) is 5.75 Å². The molecule has 1 saturated heterocycles. The lowest BCUT2D eigenvalue weighted by Gasteiger charge is -2.29. The molecule has 1 heterocycles. The van der Waals surface area contributed by atoms with Crippen LogP contribution in [-0.2, 0) is 0 Å². The maximum Gasteiger partial charge on any atom is 0.207 e. The lowest BCUT2D eigenvalue weighted by molar-refractivity contribution is 0.103. The average molecular weight is 318 g/mol. The van der Waals surface area contributed by atoms with Gasteiger partial charge in [-0.1, -0.05) is 0 Å². The van der Waals surface area contributed by atoms with Gasteiger partial charge in [0.25, 0.3) is 0 Å². The lowest BCUT2D eigenvalue weighted by atomic mass is 10.1. The largest absolute Gasteiger partial charge is 0.484 e. The molecule has 0 atom stereocenters. The highest BCUT2D eigenvalue weighted by molar-refractivity contribution is 5.85. The van der Waals surface area contributed by atoms with Crippen LogP contribution in [0.25, 0.3) is 0 Å². The molecule has 1 aromatic rings. The van der Waals surface area contributed by atoms with Gasteiger partial charge in [0, 0.05) is 13.1 Å². The Morgan fingerprint density at radius 2 is 1.25 bits per heavy atom. The highest BCUT2D eigenvalue weighted by atomic mass is 35.5. The first kappa shape index (κ1) is 17.0. The summed E-state index contributed by atoms with van der Waals surface area (Å²) in [5.74, 6) is -11.2. The second-order valence-corrected chi connectivity index (χ2v) is 4.52. The van der Waals surface area contributed by atoms with Crippen LogP contribution in [0, 0.1) is 29.1 Å². The summed E-state index contributed by atoms with van der Waals surface area (Å²) < 4.78 is 70.5. The summed E-state index contributed by atoms with van der Waals surface area (Å²) in [4.78, 5) is 1.98. The minimum Gasteiger partial charge on any atom is -0.484 e. The molecule has 1 aromatic carbocycles. The predicted octanol–water partition coefficient (Wildman–Crippen LogP) is 3.28. The van der Waals surface area contributed by atoms with Crippen molar-refractivity contribution in [3.8, 4) is 5.75 Å². The molecule has 2 nitrogen and oxygen atoms in total. The highest BCUT2D eigenvalue weighted by Gasteiger charge is 2.29. The van der Waals surface area contributed by atoms with Crippen LogP contribution in [-0.4, -0.2) is 31.1 Å². The molecule has 20 heavy (non-hydrogen) atoms. The number of likely N-dealkylation sites (tertiary alicyclic amines) is 1. The van der Waals surface area contributed by atoms with E-state index < -0.39 is 40.9 Å². The fourth-order valence-corrected chi connectivity index (χ4v) is 1.96. The van der Waals surface area contributed by atoms with E-state index in [1.54, 1.807) is 0 Å². The quantitative estimate of drug-likeness (QED) is 0.471. The predicted molar refractivity (Wildman–Crippen MR) is 64.6 cm³/mol. The molecule has 0 radical (unpaired) electrons. The monoisotopic (exact) mass is 317 g/mol. The fraction of sp³-hybridized carbons (Fsp3) is 0.500. The van der Waals surface area contributed by atoms with Gasteiger partial charge in [0.1, 0.15) is 6.10 Å². The number of rotatable bonds is 2. The smallest absolute Gasteiger partial charge is 0.207 e. The second kappa shape index (κ2) is 6.58. The lowest BCUT2D eigenvalue weighted by Crippen LogP contribution is -2.36. The van der Waals surface area contributed by atoms with Crippen molar-refractivity contribution in [3.63, 3.8) is 0 Å². The number of hydrogen-bond donors (Lipinski definition) is 0. The number of piperidine rings is 1. The minimum atomic E-state index is -2.18. The Morgan fingerprint density at radius 3 is 1.70 bits per heavy atom. The van der Waals surface area contributed by atoms with Gasteiger partial charge in [0.2, 0.25) is 29.1 Å². The molecule has 114 valence electrons. The van der Waals surface area contributed by atoms with Crippen LogP contribution in [0.2, 0.25) is 0 Å². The molecular formula is C12H13ClF5NO. The van der Waals surface area contributed by atoms with Gasteiger partial charge < -0.3 is 9.64 Å². The zero-order chi connectivity index (χ0) is 14.2. The second-order valence-electron chi connectivity index (χ2n) is 4.52. The number of hydrogen-bond acceptors (Lipinski definition) is 2. The number of ether oxygens (including phenoxy) is 1. The van der Waals surface area contributed by atoms with Gasteiger partial charge in [-0.25, -0.2) is 13.2 Å². The molecule has 1 fully saturated rings. The van der Waals surface area contributed by atoms with Gasteiger partial charge in [-0.2, -0.15) is 8.78 Å². The SMILES string of the molecule is CN1CCC(Oc2c(F)c(F)c(F)c(F)c2F)CC1.Cl. The van der Waals surface area contributed by atoms with E-state index in [0.717, 1.165) is 0 Å². The zero-order valence-electron chi connectivity index (χ0n) is 10.6. The fourth-order valence-electron chi connectivity index (χ4n) is 1.96. The van der Waals surface area contributed by atoms with E-state index in [1.807, 2.05) is 11.9 Å². The summed E-state index contributed by atoms with van der Waals surface area (Å²) in [6, 6.07) is 0. The van der Waals surface area contributed by atoms with E-state index in [-0.39, 0.29) is 12.4 Å². The van der Waals surface area contributed by atoms with E-state index in [4.69, 9.17) is 4.74 Å². The number of nitrogens with zero attached hydrogens (tertiary/aromatic N) is 1. The summed E-state index contributed by atoms with van der Waals surface area (Å²) in [6.07, 6.45) is 0.385. The van der Waals surface area contributed by atoms with Gasteiger partial charge >= 0.3 is 0 Å². The molecule has 1 aliphatic rings. The van der Waals surface area contributed by atoms with Crippen LogP contribution < -0.4 is 4.74 Å². The molecule has 8 heteroatoms. The van der Waals surface area contributed by atoms with Crippen LogP contribution >= 0.6 is 12.4 Å².